The van der Waals surface area contributed by atoms with Crippen molar-refractivity contribution in [3.05, 3.63) is 0 Å². The van der Waals surface area contributed by atoms with Crippen LogP contribution in [0.2, 0.25) is 0 Å². The Bertz CT molecular complexity index is 254. The molecule has 0 heterocycles. The molecule has 1 unspecified atom stereocenters. The summed E-state index contributed by atoms with van der Waals surface area (Å²) in [6, 6.07) is 0. The lowest BCUT2D eigenvalue weighted by Gasteiger charge is -2.32. The third kappa shape index (κ3) is 3.23. The average Bonchev–Trinajstić information content (AvgIpc) is 3.14. The van der Waals surface area contributed by atoms with E-state index in [1.54, 1.807) is 0 Å². The van der Waals surface area contributed by atoms with E-state index in [1.807, 2.05) is 0 Å². The molecule has 2 heteroatoms. The van der Waals surface area contributed by atoms with Gasteiger partial charge in [-0.25, -0.2) is 0 Å². The molecule has 0 amide bonds. The molecule has 0 aromatic rings. The molecule has 0 aromatic carbocycles. The predicted octanol–water partition coefficient (Wildman–Crippen LogP) is 2.53. The summed E-state index contributed by atoms with van der Waals surface area (Å²) in [4.78, 5) is 0. The minimum atomic E-state index is 0.212. The summed E-state index contributed by atoms with van der Waals surface area (Å²) in [5, 5.41) is 3.83. The van der Waals surface area contributed by atoms with E-state index in [-0.39, 0.29) is 5.54 Å². The van der Waals surface area contributed by atoms with Gasteiger partial charge in [0.05, 0.1) is 0 Å². The van der Waals surface area contributed by atoms with Crippen molar-refractivity contribution in [2.24, 2.45) is 29.4 Å². The Labute approximate surface area is 106 Å². The predicted molar refractivity (Wildman–Crippen MR) is 71.7 cm³/mol. The first-order chi connectivity index (χ1) is 8.20. The van der Waals surface area contributed by atoms with Crippen molar-refractivity contribution >= 4 is 0 Å². The van der Waals surface area contributed by atoms with Gasteiger partial charge in [0, 0.05) is 12.1 Å². The molecule has 2 nitrogen and oxygen atoms in total. The van der Waals surface area contributed by atoms with E-state index >= 15 is 0 Å². The normalized spacial score (nSPS) is 28.4. The molecule has 0 saturated heterocycles. The molecule has 3 saturated carbocycles. The maximum Gasteiger partial charge on any atom is 0.0278 e. The van der Waals surface area contributed by atoms with Crippen LogP contribution in [0.1, 0.15) is 51.9 Å². The second-order valence-corrected chi connectivity index (χ2v) is 7.13. The first kappa shape index (κ1) is 12.0. The van der Waals surface area contributed by atoms with E-state index in [2.05, 4.69) is 12.2 Å². The minimum Gasteiger partial charge on any atom is -0.329 e. The average molecular weight is 236 g/mol. The topological polar surface area (TPSA) is 38.0 Å². The zero-order valence-corrected chi connectivity index (χ0v) is 11.3. The van der Waals surface area contributed by atoms with Gasteiger partial charge >= 0.3 is 0 Å². The van der Waals surface area contributed by atoms with Crippen LogP contribution < -0.4 is 11.1 Å². The van der Waals surface area contributed by atoms with E-state index in [1.165, 1.54) is 51.5 Å². The minimum absolute atomic E-state index is 0.212. The summed E-state index contributed by atoms with van der Waals surface area (Å²) in [6.45, 7) is 4.36. The molecule has 17 heavy (non-hydrogen) atoms. The Balaban J connectivity index is 1.49. The quantitative estimate of drug-likeness (QED) is 0.679. The van der Waals surface area contributed by atoms with Crippen molar-refractivity contribution in [1.82, 2.24) is 5.32 Å². The van der Waals surface area contributed by atoms with Crippen LogP contribution in [0.15, 0.2) is 0 Å². The largest absolute Gasteiger partial charge is 0.329 e. The summed E-state index contributed by atoms with van der Waals surface area (Å²) in [5.74, 6) is 4.05. The Morgan fingerprint density at radius 2 is 1.71 bits per heavy atom. The SMILES string of the molecule is CC(CN)(CC1CC1)NCC(C1CC1)C1CC1. The van der Waals surface area contributed by atoms with Crippen molar-refractivity contribution in [1.29, 1.82) is 0 Å². The second-order valence-electron chi connectivity index (χ2n) is 7.13. The zero-order chi connectivity index (χ0) is 11.9. The molecule has 3 aliphatic rings. The molecule has 3 N–H and O–H groups in total. The summed E-state index contributed by atoms with van der Waals surface area (Å²) in [7, 11) is 0. The number of nitrogens with two attached hydrogens (primary N) is 1. The van der Waals surface area contributed by atoms with Gasteiger partial charge < -0.3 is 11.1 Å². The fourth-order valence-electron chi connectivity index (χ4n) is 3.32. The van der Waals surface area contributed by atoms with Crippen LogP contribution >= 0.6 is 0 Å². The highest BCUT2D eigenvalue weighted by Gasteiger charge is 2.42. The van der Waals surface area contributed by atoms with Crippen LogP contribution in [0.5, 0.6) is 0 Å². The zero-order valence-electron chi connectivity index (χ0n) is 11.3. The maximum atomic E-state index is 5.99. The van der Waals surface area contributed by atoms with Gasteiger partial charge in [0.1, 0.15) is 0 Å². The lowest BCUT2D eigenvalue weighted by Crippen LogP contribution is -2.51. The molecule has 1 atom stereocenters. The Morgan fingerprint density at radius 1 is 1.12 bits per heavy atom. The van der Waals surface area contributed by atoms with Crippen molar-refractivity contribution in [3.63, 3.8) is 0 Å². The fraction of sp³-hybridized carbons (Fsp3) is 1.00. The van der Waals surface area contributed by atoms with Crippen LogP contribution in [0, 0.1) is 23.7 Å². The number of rotatable bonds is 8. The van der Waals surface area contributed by atoms with Gasteiger partial charge in [-0.05, 0) is 69.2 Å². The van der Waals surface area contributed by atoms with Gasteiger partial charge in [0.15, 0.2) is 0 Å². The highest BCUT2D eigenvalue weighted by Crippen LogP contribution is 2.49. The van der Waals surface area contributed by atoms with Crippen molar-refractivity contribution in [2.45, 2.75) is 57.4 Å². The first-order valence-corrected chi connectivity index (χ1v) is 7.65. The van der Waals surface area contributed by atoms with E-state index < -0.39 is 0 Å². The van der Waals surface area contributed by atoms with Crippen molar-refractivity contribution < 1.29 is 0 Å². The summed E-state index contributed by atoms with van der Waals surface area (Å²) in [5.41, 5.74) is 6.20. The van der Waals surface area contributed by atoms with Gasteiger partial charge in [-0.15, -0.1) is 0 Å². The highest BCUT2D eigenvalue weighted by molar-refractivity contribution is 4.96. The lowest BCUT2D eigenvalue weighted by atomic mass is 9.91. The molecule has 3 rings (SSSR count). The van der Waals surface area contributed by atoms with Crippen molar-refractivity contribution in [2.75, 3.05) is 13.1 Å². The first-order valence-electron chi connectivity index (χ1n) is 7.65. The van der Waals surface area contributed by atoms with Gasteiger partial charge in [-0.2, -0.15) is 0 Å². The third-order valence-corrected chi connectivity index (χ3v) is 5.11. The van der Waals surface area contributed by atoms with Crippen LogP contribution in [0.4, 0.5) is 0 Å². The molecular weight excluding hydrogens is 208 g/mol. The fourth-order valence-corrected chi connectivity index (χ4v) is 3.32. The molecule has 3 aliphatic carbocycles. The van der Waals surface area contributed by atoms with E-state index in [0.29, 0.717) is 0 Å². The number of hydrogen-bond donors (Lipinski definition) is 2. The summed E-state index contributed by atoms with van der Waals surface area (Å²) in [6.07, 6.45) is 10.1. The molecule has 0 aromatic heterocycles. The number of hydrogen-bond acceptors (Lipinski definition) is 2. The highest BCUT2D eigenvalue weighted by atomic mass is 15.0. The lowest BCUT2D eigenvalue weighted by molar-refractivity contribution is 0.273. The standard InChI is InChI=1S/C15H28N2/c1-15(10-16,8-11-2-3-11)17-9-14(12-4-5-12)13-6-7-13/h11-14,17H,2-10,16H2,1H3. The van der Waals surface area contributed by atoms with Gasteiger partial charge in [-0.1, -0.05) is 12.8 Å². The van der Waals surface area contributed by atoms with Crippen LogP contribution in [-0.4, -0.2) is 18.6 Å². The Kier molecular flexibility index (Phi) is 3.20. The molecule has 0 radical (unpaired) electrons. The monoisotopic (exact) mass is 236 g/mol. The molecule has 3 fully saturated rings. The van der Waals surface area contributed by atoms with Gasteiger partial charge in [0.25, 0.3) is 0 Å². The van der Waals surface area contributed by atoms with E-state index in [9.17, 15) is 0 Å². The molecule has 0 aliphatic heterocycles. The maximum absolute atomic E-state index is 5.99. The van der Waals surface area contributed by atoms with Crippen LogP contribution in [0.25, 0.3) is 0 Å². The second kappa shape index (κ2) is 4.55. The van der Waals surface area contributed by atoms with Gasteiger partial charge in [-0.3, -0.25) is 0 Å². The molecule has 98 valence electrons. The van der Waals surface area contributed by atoms with E-state index in [0.717, 1.165) is 30.2 Å². The van der Waals surface area contributed by atoms with Crippen LogP contribution in [-0.2, 0) is 0 Å². The van der Waals surface area contributed by atoms with Gasteiger partial charge in [0.2, 0.25) is 0 Å². The smallest absolute Gasteiger partial charge is 0.0278 e. The van der Waals surface area contributed by atoms with E-state index in [4.69, 9.17) is 5.73 Å². The summed E-state index contributed by atoms with van der Waals surface area (Å²) < 4.78 is 0. The van der Waals surface area contributed by atoms with Crippen molar-refractivity contribution in [3.8, 4) is 0 Å². The molecule has 0 spiro atoms. The molecular formula is C15H28N2. The molecule has 0 bridgehead atoms. The Morgan fingerprint density at radius 3 is 2.12 bits per heavy atom. The number of nitrogens with one attached hydrogen (secondary N) is 1. The third-order valence-electron chi connectivity index (χ3n) is 5.11. The summed E-state index contributed by atoms with van der Waals surface area (Å²) >= 11 is 0. The van der Waals surface area contributed by atoms with Crippen LogP contribution in [0.3, 0.4) is 0 Å². The Hall–Kier alpha value is -0.0800.